The van der Waals surface area contributed by atoms with Crippen molar-refractivity contribution < 1.29 is 15.0 Å². The zero-order chi connectivity index (χ0) is 15.7. The monoisotopic (exact) mass is 377 g/mol. The Balaban J connectivity index is 0.00000144. The van der Waals surface area contributed by atoms with E-state index in [0.29, 0.717) is 40.5 Å². The summed E-state index contributed by atoms with van der Waals surface area (Å²) >= 11 is 6.02. The first kappa shape index (κ1) is 20.8. The third-order valence-electron chi connectivity index (χ3n) is 4.83. The number of nitrogens with one attached hydrogen (secondary N) is 1. The summed E-state index contributed by atoms with van der Waals surface area (Å²) in [5, 5.41) is 3.40. The van der Waals surface area contributed by atoms with Gasteiger partial charge in [-0.1, -0.05) is 11.6 Å². The topological polar surface area (TPSA) is 99.1 Å². The molecule has 1 aromatic carbocycles. The van der Waals surface area contributed by atoms with Crippen LogP contribution in [0.5, 0.6) is 5.75 Å². The van der Waals surface area contributed by atoms with Gasteiger partial charge in [-0.3, -0.25) is 4.79 Å². The van der Waals surface area contributed by atoms with E-state index in [1.54, 1.807) is 12.1 Å². The highest BCUT2D eigenvalue weighted by Gasteiger charge is 2.37. The fraction of sp³-hybridized carbons (Fsp3) is 0.562. The highest BCUT2D eigenvalue weighted by Crippen LogP contribution is 2.32. The molecular formula is C16H25Cl2N3O3. The SMILES string of the molecule is COc1cc(N)c(Cl)cc1C(=O)NC[C@@H]1CCN2CCC[C@@H]12.Cl.O. The zero-order valence-corrected chi connectivity index (χ0v) is 15.3. The first-order chi connectivity index (χ1) is 10.6. The molecule has 2 heterocycles. The number of hydrogen-bond acceptors (Lipinski definition) is 4. The number of ether oxygens (including phenoxy) is 1. The van der Waals surface area contributed by atoms with E-state index in [2.05, 4.69) is 10.2 Å². The van der Waals surface area contributed by atoms with Crippen LogP contribution in [0.1, 0.15) is 29.6 Å². The van der Waals surface area contributed by atoms with Crippen molar-refractivity contribution in [3.05, 3.63) is 22.7 Å². The Kier molecular flexibility index (Phi) is 7.60. The number of hydrogen-bond donors (Lipinski definition) is 2. The van der Waals surface area contributed by atoms with Gasteiger partial charge in [0, 0.05) is 18.7 Å². The number of amides is 1. The molecule has 0 spiro atoms. The van der Waals surface area contributed by atoms with E-state index in [-0.39, 0.29) is 23.8 Å². The van der Waals surface area contributed by atoms with Crippen LogP contribution in [0.15, 0.2) is 12.1 Å². The fourth-order valence-corrected chi connectivity index (χ4v) is 3.82. The Morgan fingerprint density at radius 3 is 2.88 bits per heavy atom. The van der Waals surface area contributed by atoms with Crippen molar-refractivity contribution in [3.8, 4) is 5.75 Å². The second-order valence-corrected chi connectivity index (χ2v) is 6.49. The van der Waals surface area contributed by atoms with Gasteiger partial charge in [-0.05, 0) is 44.3 Å². The lowest BCUT2D eigenvalue weighted by Crippen LogP contribution is -2.35. The predicted molar refractivity (Wildman–Crippen MR) is 98.3 cm³/mol. The van der Waals surface area contributed by atoms with Gasteiger partial charge < -0.3 is 26.2 Å². The Morgan fingerprint density at radius 2 is 2.17 bits per heavy atom. The molecule has 3 rings (SSSR count). The van der Waals surface area contributed by atoms with Gasteiger partial charge in [0.2, 0.25) is 0 Å². The molecule has 0 aromatic heterocycles. The smallest absolute Gasteiger partial charge is 0.255 e. The summed E-state index contributed by atoms with van der Waals surface area (Å²) in [4.78, 5) is 15.0. The summed E-state index contributed by atoms with van der Waals surface area (Å²) in [7, 11) is 1.52. The molecule has 0 radical (unpaired) electrons. The van der Waals surface area contributed by atoms with E-state index in [1.807, 2.05) is 0 Å². The number of rotatable bonds is 4. The quantitative estimate of drug-likeness (QED) is 0.780. The van der Waals surface area contributed by atoms with Gasteiger partial charge >= 0.3 is 0 Å². The van der Waals surface area contributed by atoms with Crippen LogP contribution in [0.25, 0.3) is 0 Å². The zero-order valence-electron chi connectivity index (χ0n) is 13.7. The largest absolute Gasteiger partial charge is 0.496 e. The number of benzene rings is 1. The molecule has 2 fully saturated rings. The maximum absolute atomic E-state index is 12.4. The van der Waals surface area contributed by atoms with Crippen molar-refractivity contribution in [1.82, 2.24) is 10.2 Å². The number of fused-ring (bicyclic) bond motifs is 1. The Labute approximate surface area is 153 Å². The lowest BCUT2D eigenvalue weighted by Gasteiger charge is -2.20. The average Bonchev–Trinajstić information content (AvgIpc) is 3.10. The summed E-state index contributed by atoms with van der Waals surface area (Å²) in [6, 6.07) is 3.80. The highest BCUT2D eigenvalue weighted by molar-refractivity contribution is 6.33. The number of carbonyl (C=O) groups is 1. The van der Waals surface area contributed by atoms with Crippen LogP contribution in [0.4, 0.5) is 5.69 Å². The van der Waals surface area contributed by atoms with Crippen molar-refractivity contribution in [3.63, 3.8) is 0 Å². The first-order valence-electron chi connectivity index (χ1n) is 7.75. The molecule has 0 saturated carbocycles. The van der Waals surface area contributed by atoms with Gasteiger partial charge in [0.05, 0.1) is 23.4 Å². The maximum atomic E-state index is 12.4. The first-order valence-corrected chi connectivity index (χ1v) is 8.13. The summed E-state index contributed by atoms with van der Waals surface area (Å²) in [5.41, 5.74) is 6.59. The molecule has 8 heteroatoms. The normalized spacial score (nSPS) is 22.2. The Bertz CT molecular complexity index is 586. The van der Waals surface area contributed by atoms with Crippen LogP contribution >= 0.6 is 24.0 Å². The molecule has 2 atom stereocenters. The molecule has 2 aliphatic heterocycles. The number of anilines is 1. The van der Waals surface area contributed by atoms with E-state index in [9.17, 15) is 4.79 Å². The Hall–Kier alpha value is -1.21. The van der Waals surface area contributed by atoms with Crippen LogP contribution in [-0.4, -0.2) is 49.1 Å². The van der Waals surface area contributed by atoms with Crippen molar-refractivity contribution in [2.75, 3.05) is 32.5 Å². The minimum Gasteiger partial charge on any atom is -0.496 e. The van der Waals surface area contributed by atoms with Crippen LogP contribution in [0.3, 0.4) is 0 Å². The maximum Gasteiger partial charge on any atom is 0.255 e. The molecule has 6 nitrogen and oxygen atoms in total. The fourth-order valence-electron chi connectivity index (χ4n) is 3.66. The lowest BCUT2D eigenvalue weighted by molar-refractivity contribution is 0.0941. The number of methoxy groups -OCH3 is 1. The van der Waals surface area contributed by atoms with Crippen molar-refractivity contribution in [2.24, 2.45) is 5.92 Å². The summed E-state index contributed by atoms with van der Waals surface area (Å²) < 4.78 is 5.24. The molecule has 136 valence electrons. The minimum absolute atomic E-state index is 0. The number of halogens is 2. The molecular weight excluding hydrogens is 353 g/mol. The molecule has 1 amide bonds. The minimum atomic E-state index is -0.157. The summed E-state index contributed by atoms with van der Waals surface area (Å²) in [6.45, 7) is 3.06. The van der Waals surface area contributed by atoms with Crippen molar-refractivity contribution in [2.45, 2.75) is 25.3 Å². The number of carbonyl (C=O) groups excluding carboxylic acids is 1. The van der Waals surface area contributed by atoms with Gasteiger partial charge in [0.1, 0.15) is 5.75 Å². The van der Waals surface area contributed by atoms with Crippen LogP contribution < -0.4 is 15.8 Å². The standard InChI is InChI=1S/C16H22ClN3O2.ClH.H2O/c1-22-15-8-13(18)12(17)7-11(15)16(21)19-9-10-4-6-20-5-2-3-14(10)20;;/h7-8,10,14H,2-6,9,18H2,1H3,(H,19,21);1H;1H2/t10-,14-;;/m0../s1. The second kappa shape index (κ2) is 8.76. The molecule has 2 saturated heterocycles. The van der Waals surface area contributed by atoms with E-state index in [4.69, 9.17) is 22.1 Å². The van der Waals surface area contributed by atoms with Gasteiger partial charge in [-0.15, -0.1) is 12.4 Å². The van der Waals surface area contributed by atoms with Gasteiger partial charge in [0.25, 0.3) is 5.91 Å². The molecule has 1 aromatic rings. The predicted octanol–water partition coefficient (Wildman–Crippen LogP) is 1.74. The highest BCUT2D eigenvalue weighted by atomic mass is 35.5. The average molecular weight is 378 g/mol. The third kappa shape index (κ3) is 4.06. The molecule has 0 unspecified atom stereocenters. The lowest BCUT2D eigenvalue weighted by atomic mass is 9.98. The van der Waals surface area contributed by atoms with Gasteiger partial charge in [-0.25, -0.2) is 0 Å². The summed E-state index contributed by atoms with van der Waals surface area (Å²) in [6.07, 6.45) is 3.68. The second-order valence-electron chi connectivity index (χ2n) is 6.08. The third-order valence-corrected chi connectivity index (χ3v) is 5.16. The molecule has 5 N–H and O–H groups in total. The number of nitrogens with zero attached hydrogens (tertiary/aromatic N) is 1. The van der Waals surface area contributed by atoms with Crippen LogP contribution in [-0.2, 0) is 0 Å². The van der Waals surface area contributed by atoms with E-state index < -0.39 is 0 Å². The molecule has 2 aliphatic rings. The molecule has 0 aliphatic carbocycles. The molecule has 0 bridgehead atoms. The van der Waals surface area contributed by atoms with E-state index in [1.165, 1.54) is 26.5 Å². The van der Waals surface area contributed by atoms with E-state index >= 15 is 0 Å². The van der Waals surface area contributed by atoms with Crippen molar-refractivity contribution >= 4 is 35.6 Å². The van der Waals surface area contributed by atoms with E-state index in [0.717, 1.165) is 13.0 Å². The molecule has 24 heavy (non-hydrogen) atoms. The van der Waals surface area contributed by atoms with Crippen molar-refractivity contribution in [1.29, 1.82) is 0 Å². The van der Waals surface area contributed by atoms with Gasteiger partial charge in [-0.2, -0.15) is 0 Å². The van der Waals surface area contributed by atoms with Crippen LogP contribution in [0.2, 0.25) is 5.02 Å². The van der Waals surface area contributed by atoms with Gasteiger partial charge in [0.15, 0.2) is 0 Å². The van der Waals surface area contributed by atoms with Crippen LogP contribution in [0, 0.1) is 5.92 Å². The Morgan fingerprint density at radius 1 is 1.42 bits per heavy atom. The summed E-state index contributed by atoms with van der Waals surface area (Å²) in [5.74, 6) is 0.838. The number of nitrogens with two attached hydrogens (primary N) is 1. The number of nitrogen functional groups attached to an aromatic ring is 1.